The molecule has 3 atom stereocenters. The van der Waals surface area contributed by atoms with Gasteiger partial charge in [-0.1, -0.05) is 30.3 Å². The van der Waals surface area contributed by atoms with E-state index < -0.39 is 0 Å². The van der Waals surface area contributed by atoms with Crippen molar-refractivity contribution in [1.29, 1.82) is 0 Å². The van der Waals surface area contributed by atoms with Gasteiger partial charge in [0, 0.05) is 18.0 Å². The van der Waals surface area contributed by atoms with Gasteiger partial charge in [0.05, 0.1) is 24.2 Å². The molecule has 2 aliphatic rings. The third-order valence-corrected chi connectivity index (χ3v) is 7.33. The molecule has 1 saturated carbocycles. The van der Waals surface area contributed by atoms with Crippen LogP contribution in [0.25, 0.3) is 22.0 Å². The molecular formula is C29H27FN2O3. The number of nitrogens with zero attached hydrogens (tertiary/aromatic N) is 2. The molecule has 2 aliphatic carbocycles. The van der Waals surface area contributed by atoms with Gasteiger partial charge in [-0.25, -0.2) is 4.39 Å². The van der Waals surface area contributed by atoms with Crippen molar-refractivity contribution in [2.75, 3.05) is 6.61 Å². The van der Waals surface area contributed by atoms with Crippen LogP contribution in [0.1, 0.15) is 48.5 Å². The summed E-state index contributed by atoms with van der Waals surface area (Å²) in [5.74, 6) is 0.537. The number of carbonyl (C=O) groups is 1. The Morgan fingerprint density at radius 2 is 1.94 bits per heavy atom. The Kier molecular flexibility index (Phi) is 5.32. The zero-order chi connectivity index (χ0) is 24.1. The molecule has 0 aliphatic heterocycles. The zero-order valence-corrected chi connectivity index (χ0v) is 19.8. The van der Waals surface area contributed by atoms with E-state index in [4.69, 9.17) is 9.47 Å². The Morgan fingerprint density at radius 3 is 2.74 bits per heavy atom. The fraction of sp³-hybridized carbons (Fsp3) is 0.310. The molecule has 0 spiro atoms. The molecule has 3 aromatic carbocycles. The van der Waals surface area contributed by atoms with Gasteiger partial charge >= 0.3 is 5.97 Å². The van der Waals surface area contributed by atoms with E-state index in [2.05, 4.69) is 11.2 Å². The van der Waals surface area contributed by atoms with Crippen molar-refractivity contribution >= 4 is 16.9 Å². The fourth-order valence-corrected chi connectivity index (χ4v) is 5.49. The van der Waals surface area contributed by atoms with Crippen LogP contribution in [0.5, 0.6) is 5.75 Å². The van der Waals surface area contributed by atoms with Crippen LogP contribution in [0, 0.1) is 11.7 Å². The van der Waals surface area contributed by atoms with Crippen molar-refractivity contribution < 1.29 is 18.7 Å². The fourth-order valence-electron chi connectivity index (χ4n) is 5.49. The molecule has 178 valence electrons. The summed E-state index contributed by atoms with van der Waals surface area (Å²) in [4.78, 5) is 12.0. The average molecular weight is 471 g/mol. The number of benzene rings is 3. The van der Waals surface area contributed by atoms with Gasteiger partial charge in [0.15, 0.2) is 0 Å². The van der Waals surface area contributed by atoms with Crippen LogP contribution < -0.4 is 4.74 Å². The summed E-state index contributed by atoms with van der Waals surface area (Å²) in [5, 5.41) is 5.46. The summed E-state index contributed by atoms with van der Waals surface area (Å²) in [5.41, 5.74) is 5.93. The molecule has 5 nitrogen and oxygen atoms in total. The first-order valence-corrected chi connectivity index (χ1v) is 12.2. The minimum Gasteiger partial charge on any atom is -0.486 e. The number of carbonyl (C=O) groups excluding carboxylic acids is 1. The van der Waals surface area contributed by atoms with Gasteiger partial charge in [-0.2, -0.15) is 5.10 Å². The van der Waals surface area contributed by atoms with E-state index in [1.54, 1.807) is 6.07 Å². The highest BCUT2D eigenvalue weighted by Gasteiger charge is 2.45. The van der Waals surface area contributed by atoms with Gasteiger partial charge in [0.1, 0.15) is 17.7 Å². The van der Waals surface area contributed by atoms with Crippen molar-refractivity contribution in [1.82, 2.24) is 9.78 Å². The molecule has 0 radical (unpaired) electrons. The SMILES string of the molecule is CCOC(=O)[C@H]1CC1c1ccc(OC2CCc3c(-c4cccc5c4cnn5C)ccc(F)c32)cc1. The summed E-state index contributed by atoms with van der Waals surface area (Å²) in [6.07, 6.45) is 3.84. The van der Waals surface area contributed by atoms with Crippen molar-refractivity contribution in [2.45, 2.75) is 38.2 Å². The molecular weight excluding hydrogens is 443 g/mol. The summed E-state index contributed by atoms with van der Waals surface area (Å²) < 4.78 is 28.4. The summed E-state index contributed by atoms with van der Waals surface area (Å²) in [7, 11) is 1.93. The van der Waals surface area contributed by atoms with E-state index in [1.165, 1.54) is 0 Å². The second-order valence-electron chi connectivity index (χ2n) is 9.41. The maximum atomic E-state index is 15.1. The van der Waals surface area contributed by atoms with Crippen LogP contribution in [0.2, 0.25) is 0 Å². The monoisotopic (exact) mass is 470 g/mol. The highest BCUT2D eigenvalue weighted by atomic mass is 19.1. The molecule has 1 fully saturated rings. The predicted octanol–water partition coefficient (Wildman–Crippen LogP) is 6.11. The molecule has 4 aromatic rings. The number of rotatable bonds is 6. The van der Waals surface area contributed by atoms with Crippen molar-refractivity contribution in [2.24, 2.45) is 13.0 Å². The first kappa shape index (κ1) is 21.8. The van der Waals surface area contributed by atoms with Crippen LogP contribution in [0.15, 0.2) is 60.8 Å². The van der Waals surface area contributed by atoms with E-state index in [1.807, 2.05) is 67.3 Å². The summed E-state index contributed by atoms with van der Waals surface area (Å²) in [6, 6.07) is 17.4. The number of aromatic nitrogens is 2. The van der Waals surface area contributed by atoms with E-state index in [9.17, 15) is 4.79 Å². The lowest BCUT2D eigenvalue weighted by Crippen LogP contribution is -2.07. The second kappa shape index (κ2) is 8.52. The predicted molar refractivity (Wildman–Crippen MR) is 132 cm³/mol. The number of hydrogen-bond acceptors (Lipinski definition) is 4. The van der Waals surface area contributed by atoms with Gasteiger partial charge in [-0.3, -0.25) is 9.48 Å². The topological polar surface area (TPSA) is 53.4 Å². The maximum absolute atomic E-state index is 15.1. The number of ether oxygens (including phenoxy) is 2. The van der Waals surface area contributed by atoms with Gasteiger partial charge in [-0.15, -0.1) is 0 Å². The third kappa shape index (κ3) is 3.77. The number of hydrogen-bond donors (Lipinski definition) is 0. The van der Waals surface area contributed by atoms with E-state index in [-0.39, 0.29) is 29.7 Å². The molecule has 0 saturated heterocycles. The number of aryl methyl sites for hydroxylation is 1. The number of esters is 1. The van der Waals surface area contributed by atoms with Crippen LogP contribution >= 0.6 is 0 Å². The van der Waals surface area contributed by atoms with E-state index in [0.29, 0.717) is 17.9 Å². The Morgan fingerprint density at radius 1 is 1.11 bits per heavy atom. The van der Waals surface area contributed by atoms with Crippen molar-refractivity contribution in [3.8, 4) is 16.9 Å². The maximum Gasteiger partial charge on any atom is 0.309 e. The first-order valence-electron chi connectivity index (χ1n) is 12.2. The van der Waals surface area contributed by atoms with Crippen LogP contribution in [-0.4, -0.2) is 22.4 Å². The lowest BCUT2D eigenvalue weighted by molar-refractivity contribution is -0.144. The minimum absolute atomic E-state index is 0.0415. The molecule has 35 heavy (non-hydrogen) atoms. The van der Waals surface area contributed by atoms with Gasteiger partial charge in [-0.05, 0) is 78.6 Å². The lowest BCUT2D eigenvalue weighted by Gasteiger charge is -2.17. The van der Waals surface area contributed by atoms with Gasteiger partial charge < -0.3 is 9.47 Å². The van der Waals surface area contributed by atoms with Crippen LogP contribution in [0.4, 0.5) is 4.39 Å². The molecule has 0 bridgehead atoms. The van der Waals surface area contributed by atoms with Crippen LogP contribution in [0.3, 0.4) is 0 Å². The highest BCUT2D eigenvalue weighted by molar-refractivity contribution is 5.95. The Hall–Kier alpha value is -3.67. The van der Waals surface area contributed by atoms with Crippen molar-refractivity contribution in [3.05, 3.63) is 83.3 Å². The summed E-state index contributed by atoms with van der Waals surface area (Å²) in [6.45, 7) is 2.24. The van der Waals surface area contributed by atoms with E-state index >= 15 is 4.39 Å². The quantitative estimate of drug-likeness (QED) is 0.319. The summed E-state index contributed by atoms with van der Waals surface area (Å²) >= 11 is 0. The van der Waals surface area contributed by atoms with Gasteiger partial charge in [0.25, 0.3) is 0 Å². The molecule has 2 unspecified atom stereocenters. The average Bonchev–Trinajstić information content (AvgIpc) is 3.43. The first-order chi connectivity index (χ1) is 17.0. The minimum atomic E-state index is -0.336. The largest absolute Gasteiger partial charge is 0.486 e. The zero-order valence-electron chi connectivity index (χ0n) is 19.8. The Bertz CT molecular complexity index is 1430. The van der Waals surface area contributed by atoms with Crippen LogP contribution in [-0.2, 0) is 23.0 Å². The highest BCUT2D eigenvalue weighted by Crippen LogP contribution is 2.49. The molecule has 0 N–H and O–H groups in total. The molecule has 0 amide bonds. The standard InChI is InChI=1S/C29H27FN2O3/c1-3-34-29(33)23-15-22(23)17-7-9-18(10-8-17)35-27-14-12-21-20(11-13-25(30)28(21)27)19-5-4-6-26-24(19)16-31-32(26)2/h4-11,13,16,22-23,27H,3,12,14-15H2,1-2H3/t22?,23-,27?/m0/s1. The molecule has 1 aromatic heterocycles. The third-order valence-electron chi connectivity index (χ3n) is 7.33. The smallest absolute Gasteiger partial charge is 0.309 e. The Labute approximate surface area is 203 Å². The molecule has 6 heteroatoms. The normalized spacial score (nSPS) is 20.6. The number of halogens is 1. The number of fused-ring (bicyclic) bond motifs is 2. The van der Waals surface area contributed by atoms with Crippen molar-refractivity contribution in [3.63, 3.8) is 0 Å². The van der Waals surface area contributed by atoms with Gasteiger partial charge in [0.2, 0.25) is 0 Å². The second-order valence-corrected chi connectivity index (χ2v) is 9.41. The Balaban J connectivity index is 1.25. The molecule has 6 rings (SSSR count). The lowest BCUT2D eigenvalue weighted by atomic mass is 9.94. The molecule has 1 heterocycles. The van der Waals surface area contributed by atoms with E-state index in [0.717, 1.165) is 52.4 Å².